The maximum absolute atomic E-state index is 13.3. The predicted octanol–water partition coefficient (Wildman–Crippen LogP) is 3.84. The second-order valence-electron chi connectivity index (χ2n) is 8.19. The SMILES string of the molecule is CCCNC(=O)[C@H](C)N(Cc1ccccc1Cl)C(=O)CCCN(c1ccccc1OC)S(C)(=O)=O. The fraction of sp³-hybridized carbons (Fsp3) is 0.440. The Hall–Kier alpha value is -2.78. The monoisotopic (exact) mass is 523 g/mol. The number of methoxy groups -OCH3 is 1. The summed E-state index contributed by atoms with van der Waals surface area (Å²) in [4.78, 5) is 27.4. The minimum absolute atomic E-state index is 0.0526. The fourth-order valence-corrected chi connectivity index (χ4v) is 4.77. The third-order valence-corrected chi connectivity index (χ3v) is 7.07. The quantitative estimate of drug-likeness (QED) is 0.430. The number of sulfonamides is 1. The molecule has 0 radical (unpaired) electrons. The van der Waals surface area contributed by atoms with Crippen LogP contribution in [0.5, 0.6) is 5.75 Å². The topological polar surface area (TPSA) is 96.0 Å². The third-order valence-electron chi connectivity index (χ3n) is 5.52. The van der Waals surface area contributed by atoms with Crippen LogP contribution in [0.15, 0.2) is 48.5 Å². The zero-order valence-electron chi connectivity index (χ0n) is 20.7. The smallest absolute Gasteiger partial charge is 0.242 e. The first-order chi connectivity index (χ1) is 16.6. The van der Waals surface area contributed by atoms with E-state index >= 15 is 0 Å². The van der Waals surface area contributed by atoms with Gasteiger partial charge in [-0.05, 0) is 43.5 Å². The number of hydrogen-bond donors (Lipinski definition) is 1. The van der Waals surface area contributed by atoms with Crippen LogP contribution >= 0.6 is 11.6 Å². The number of carbonyl (C=O) groups is 2. The van der Waals surface area contributed by atoms with Crippen LogP contribution in [0.1, 0.15) is 38.7 Å². The molecule has 0 aliphatic carbocycles. The standard InChI is InChI=1S/C25H34ClN3O5S/c1-5-16-27-25(31)19(2)28(18-20-11-6-7-12-21(20)26)24(30)15-10-17-29(35(4,32)33)22-13-8-9-14-23(22)34-3/h6-9,11-14,19H,5,10,15-18H2,1-4H3,(H,27,31)/t19-/m0/s1. The lowest BCUT2D eigenvalue weighted by atomic mass is 10.1. The molecule has 2 aromatic rings. The summed E-state index contributed by atoms with van der Waals surface area (Å²) in [5.74, 6) is -0.0950. The molecule has 0 unspecified atom stereocenters. The lowest BCUT2D eigenvalue weighted by molar-refractivity contribution is -0.140. The van der Waals surface area contributed by atoms with Crippen LogP contribution in [0, 0.1) is 0 Å². The molecule has 0 aliphatic rings. The lowest BCUT2D eigenvalue weighted by Gasteiger charge is -2.30. The van der Waals surface area contributed by atoms with Gasteiger partial charge in [0.15, 0.2) is 0 Å². The van der Waals surface area contributed by atoms with Gasteiger partial charge in [0.1, 0.15) is 11.8 Å². The first-order valence-corrected chi connectivity index (χ1v) is 13.7. The van der Waals surface area contributed by atoms with Crippen molar-refractivity contribution in [1.29, 1.82) is 0 Å². The highest BCUT2D eigenvalue weighted by Crippen LogP contribution is 2.30. The minimum atomic E-state index is -3.62. The molecule has 2 rings (SSSR count). The number of hydrogen-bond acceptors (Lipinski definition) is 5. The van der Waals surface area contributed by atoms with Gasteiger partial charge in [0.05, 0.1) is 19.1 Å². The van der Waals surface area contributed by atoms with E-state index in [4.69, 9.17) is 16.3 Å². The van der Waals surface area contributed by atoms with Crippen molar-refractivity contribution in [2.24, 2.45) is 0 Å². The Morgan fingerprint density at radius 1 is 1.11 bits per heavy atom. The van der Waals surface area contributed by atoms with Gasteiger partial charge in [-0.1, -0.05) is 48.9 Å². The number of halogens is 1. The van der Waals surface area contributed by atoms with Crippen LogP contribution < -0.4 is 14.4 Å². The Kier molecular flexibility index (Phi) is 10.9. The van der Waals surface area contributed by atoms with E-state index in [-0.39, 0.29) is 37.7 Å². The highest BCUT2D eigenvalue weighted by molar-refractivity contribution is 7.92. The highest BCUT2D eigenvalue weighted by atomic mass is 35.5. The zero-order valence-corrected chi connectivity index (χ0v) is 22.2. The highest BCUT2D eigenvalue weighted by Gasteiger charge is 2.27. The lowest BCUT2D eigenvalue weighted by Crippen LogP contribution is -2.48. The van der Waals surface area contributed by atoms with Gasteiger partial charge in [-0.25, -0.2) is 8.42 Å². The Balaban J connectivity index is 2.19. The van der Waals surface area contributed by atoms with E-state index in [1.807, 2.05) is 19.1 Å². The van der Waals surface area contributed by atoms with E-state index in [0.29, 0.717) is 23.0 Å². The fourth-order valence-electron chi connectivity index (χ4n) is 3.61. The Labute approximate surface area is 213 Å². The molecular formula is C25H34ClN3O5S. The van der Waals surface area contributed by atoms with Crippen molar-refractivity contribution < 1.29 is 22.7 Å². The summed E-state index contributed by atoms with van der Waals surface area (Å²) in [6.07, 6.45) is 2.20. The number of anilines is 1. The van der Waals surface area contributed by atoms with E-state index in [1.54, 1.807) is 43.3 Å². The van der Waals surface area contributed by atoms with Crippen molar-refractivity contribution in [3.63, 3.8) is 0 Å². The summed E-state index contributed by atoms with van der Waals surface area (Å²) >= 11 is 6.31. The molecule has 2 aromatic carbocycles. The van der Waals surface area contributed by atoms with Crippen LogP contribution in [-0.2, 0) is 26.2 Å². The number of benzene rings is 2. The largest absolute Gasteiger partial charge is 0.495 e. The Morgan fingerprint density at radius 2 is 1.77 bits per heavy atom. The van der Waals surface area contributed by atoms with Gasteiger partial charge in [-0.3, -0.25) is 13.9 Å². The van der Waals surface area contributed by atoms with E-state index in [1.165, 1.54) is 16.3 Å². The second kappa shape index (κ2) is 13.3. The van der Waals surface area contributed by atoms with Crippen LogP contribution in [0.2, 0.25) is 5.02 Å². The zero-order chi connectivity index (χ0) is 26.0. The molecule has 8 nitrogen and oxygen atoms in total. The molecule has 0 aliphatic heterocycles. The molecule has 0 spiro atoms. The average molecular weight is 524 g/mol. The normalized spacial score (nSPS) is 12.0. The molecule has 0 bridgehead atoms. The van der Waals surface area contributed by atoms with E-state index in [0.717, 1.165) is 18.2 Å². The average Bonchev–Trinajstić information content (AvgIpc) is 2.83. The summed E-state index contributed by atoms with van der Waals surface area (Å²) in [5.41, 5.74) is 1.13. The van der Waals surface area contributed by atoms with Crippen LogP contribution in [0.25, 0.3) is 0 Å². The maximum atomic E-state index is 13.3. The molecule has 1 atom stereocenters. The molecule has 10 heteroatoms. The molecule has 35 heavy (non-hydrogen) atoms. The second-order valence-corrected chi connectivity index (χ2v) is 10.5. The summed E-state index contributed by atoms with van der Waals surface area (Å²) in [6.45, 7) is 4.40. The van der Waals surface area contributed by atoms with Gasteiger partial charge < -0.3 is 15.0 Å². The Morgan fingerprint density at radius 3 is 2.40 bits per heavy atom. The minimum Gasteiger partial charge on any atom is -0.495 e. The number of rotatable bonds is 13. The van der Waals surface area contributed by atoms with Crippen LogP contribution in [-0.4, -0.2) is 57.6 Å². The van der Waals surface area contributed by atoms with Crippen LogP contribution in [0.4, 0.5) is 5.69 Å². The molecular weight excluding hydrogens is 490 g/mol. The summed E-state index contributed by atoms with van der Waals surface area (Å²) in [5, 5.41) is 3.33. The van der Waals surface area contributed by atoms with E-state index < -0.39 is 16.1 Å². The van der Waals surface area contributed by atoms with Gasteiger partial charge >= 0.3 is 0 Å². The molecule has 0 fully saturated rings. The van der Waals surface area contributed by atoms with Gasteiger partial charge in [-0.2, -0.15) is 0 Å². The first kappa shape index (κ1) is 28.5. The summed E-state index contributed by atoms with van der Waals surface area (Å²) < 4.78 is 31.5. The molecule has 1 N–H and O–H groups in total. The number of nitrogens with zero attached hydrogens (tertiary/aromatic N) is 2. The summed E-state index contributed by atoms with van der Waals surface area (Å²) in [7, 11) is -2.14. The molecule has 2 amide bonds. The van der Waals surface area contributed by atoms with Gasteiger partial charge in [0, 0.05) is 31.1 Å². The number of nitrogens with one attached hydrogen (secondary N) is 1. The number of amides is 2. The van der Waals surface area contributed by atoms with Gasteiger partial charge in [0.25, 0.3) is 0 Å². The van der Waals surface area contributed by atoms with Crippen molar-refractivity contribution in [2.75, 3.05) is 30.8 Å². The predicted molar refractivity (Wildman–Crippen MR) is 139 cm³/mol. The van der Waals surface area contributed by atoms with Crippen molar-refractivity contribution in [3.8, 4) is 5.75 Å². The third kappa shape index (κ3) is 8.14. The number of para-hydroxylation sites is 2. The molecule has 0 aromatic heterocycles. The summed E-state index contributed by atoms with van der Waals surface area (Å²) in [6, 6.07) is 13.3. The first-order valence-electron chi connectivity index (χ1n) is 11.5. The number of ether oxygens (including phenoxy) is 1. The van der Waals surface area contributed by atoms with Gasteiger partial charge in [0.2, 0.25) is 21.8 Å². The van der Waals surface area contributed by atoms with Crippen molar-refractivity contribution >= 4 is 39.1 Å². The molecule has 0 heterocycles. The molecule has 0 saturated carbocycles. The Bertz CT molecular complexity index is 1110. The van der Waals surface area contributed by atoms with Crippen molar-refractivity contribution in [1.82, 2.24) is 10.2 Å². The maximum Gasteiger partial charge on any atom is 0.242 e. The van der Waals surface area contributed by atoms with Crippen molar-refractivity contribution in [3.05, 3.63) is 59.1 Å². The van der Waals surface area contributed by atoms with E-state index in [2.05, 4.69) is 5.32 Å². The van der Waals surface area contributed by atoms with Crippen LogP contribution in [0.3, 0.4) is 0 Å². The number of carbonyl (C=O) groups excluding carboxylic acids is 2. The molecule has 0 saturated heterocycles. The van der Waals surface area contributed by atoms with Crippen molar-refractivity contribution in [2.45, 2.75) is 45.7 Å². The van der Waals surface area contributed by atoms with E-state index in [9.17, 15) is 18.0 Å². The molecule has 192 valence electrons. The van der Waals surface area contributed by atoms with Gasteiger partial charge in [-0.15, -0.1) is 0 Å².